The zero-order chi connectivity index (χ0) is 21.8. The van der Waals surface area contributed by atoms with Gasteiger partial charge in [-0.2, -0.15) is 0 Å². The number of carbonyl (C=O) groups excluding carboxylic acids is 1. The van der Waals surface area contributed by atoms with Crippen LogP contribution in [-0.4, -0.2) is 32.6 Å². The Bertz CT molecular complexity index is 1180. The van der Waals surface area contributed by atoms with Gasteiger partial charge in [-0.3, -0.25) is 9.59 Å². The molecule has 1 heterocycles. The summed E-state index contributed by atoms with van der Waals surface area (Å²) in [5, 5.41) is 12.3. The first-order valence-corrected chi connectivity index (χ1v) is 9.66. The fraction of sp³-hybridized carbons (Fsp3) is 0.273. The third kappa shape index (κ3) is 4.03. The number of hydrogen-bond donors (Lipinski definition) is 3. The number of carboxylic acids is 1. The summed E-state index contributed by atoms with van der Waals surface area (Å²) < 4.78 is 0.836. The van der Waals surface area contributed by atoms with Crippen molar-refractivity contribution in [2.45, 2.75) is 32.4 Å². The summed E-state index contributed by atoms with van der Waals surface area (Å²) in [5.41, 5.74) is -0.628. The van der Waals surface area contributed by atoms with Crippen LogP contribution in [0.3, 0.4) is 0 Å². The molecule has 1 aromatic heterocycles. The maximum atomic E-state index is 13.2. The topological polar surface area (TPSA) is 121 Å². The predicted molar refractivity (Wildman–Crippen MR) is 112 cm³/mol. The van der Waals surface area contributed by atoms with Gasteiger partial charge < -0.3 is 15.4 Å². The Morgan fingerprint density at radius 2 is 1.70 bits per heavy atom. The maximum Gasteiger partial charge on any atom is 0.329 e. The minimum absolute atomic E-state index is 0.252. The molecular formula is C22H23N3O5. The minimum atomic E-state index is -1.32. The summed E-state index contributed by atoms with van der Waals surface area (Å²) >= 11 is 0. The molecule has 0 radical (unpaired) electrons. The quantitative estimate of drug-likeness (QED) is 0.550. The number of carbonyl (C=O) groups is 2. The standard InChI is InChI=1S/C22H23N3O5/c1-3-13(2)17(21(28)29)24-19(26)18(14-9-5-4-6-10-14)25-20(27)15-11-7-8-12-16(15)23-22(25)30/h4-13,17-18H,3H2,1-2H3,(H,23,30)(H,24,26)(H,28,29). The second-order valence-electron chi connectivity index (χ2n) is 7.17. The van der Waals surface area contributed by atoms with E-state index in [1.54, 1.807) is 61.5 Å². The number of benzene rings is 2. The van der Waals surface area contributed by atoms with E-state index in [9.17, 15) is 24.3 Å². The van der Waals surface area contributed by atoms with Crippen LogP contribution in [-0.2, 0) is 9.59 Å². The molecule has 3 unspecified atom stereocenters. The van der Waals surface area contributed by atoms with E-state index >= 15 is 0 Å². The first-order chi connectivity index (χ1) is 14.3. The van der Waals surface area contributed by atoms with Crippen molar-refractivity contribution in [3.8, 4) is 0 Å². The normalized spacial score (nSPS) is 14.1. The minimum Gasteiger partial charge on any atom is -0.480 e. The Labute approximate surface area is 172 Å². The molecule has 2 aromatic carbocycles. The molecule has 3 aromatic rings. The van der Waals surface area contributed by atoms with E-state index in [0.717, 1.165) is 4.57 Å². The molecular weight excluding hydrogens is 386 g/mol. The van der Waals surface area contributed by atoms with E-state index in [1.165, 1.54) is 0 Å². The van der Waals surface area contributed by atoms with Gasteiger partial charge in [0, 0.05) is 0 Å². The summed E-state index contributed by atoms with van der Waals surface area (Å²) in [6, 6.07) is 12.4. The number of aromatic nitrogens is 2. The van der Waals surface area contributed by atoms with Gasteiger partial charge in [-0.05, 0) is 23.6 Å². The van der Waals surface area contributed by atoms with Crippen molar-refractivity contribution in [3.05, 3.63) is 81.0 Å². The summed E-state index contributed by atoms with van der Waals surface area (Å²) in [7, 11) is 0. The summed E-state index contributed by atoms with van der Waals surface area (Å²) in [6.45, 7) is 3.53. The Balaban J connectivity index is 2.17. The van der Waals surface area contributed by atoms with E-state index in [0.29, 0.717) is 17.5 Å². The monoisotopic (exact) mass is 409 g/mol. The fourth-order valence-electron chi connectivity index (χ4n) is 3.38. The molecule has 0 fully saturated rings. The number of H-pyrrole nitrogens is 1. The van der Waals surface area contributed by atoms with E-state index in [1.807, 2.05) is 6.92 Å². The van der Waals surface area contributed by atoms with Gasteiger partial charge in [-0.25, -0.2) is 14.2 Å². The Hall–Kier alpha value is -3.68. The van der Waals surface area contributed by atoms with Crippen molar-refractivity contribution in [2.24, 2.45) is 5.92 Å². The highest BCUT2D eigenvalue weighted by molar-refractivity contribution is 5.88. The molecule has 8 heteroatoms. The van der Waals surface area contributed by atoms with Gasteiger partial charge in [0.05, 0.1) is 10.9 Å². The van der Waals surface area contributed by atoms with Crippen molar-refractivity contribution in [1.29, 1.82) is 0 Å². The third-order valence-corrected chi connectivity index (χ3v) is 5.24. The van der Waals surface area contributed by atoms with Gasteiger partial charge in [0.25, 0.3) is 5.56 Å². The number of para-hydroxylation sites is 1. The third-order valence-electron chi connectivity index (χ3n) is 5.24. The first kappa shape index (κ1) is 21.0. The Morgan fingerprint density at radius 1 is 1.07 bits per heavy atom. The lowest BCUT2D eigenvalue weighted by Crippen LogP contribution is -2.51. The summed E-state index contributed by atoms with van der Waals surface area (Å²) in [6.07, 6.45) is 0.532. The predicted octanol–water partition coefficient (Wildman–Crippen LogP) is 1.89. The van der Waals surface area contributed by atoms with Crippen LogP contribution in [0.5, 0.6) is 0 Å². The fourth-order valence-corrected chi connectivity index (χ4v) is 3.38. The molecule has 156 valence electrons. The summed E-state index contributed by atoms with van der Waals surface area (Å²) in [5.74, 6) is -2.25. The van der Waals surface area contributed by atoms with Crippen molar-refractivity contribution >= 4 is 22.8 Å². The van der Waals surface area contributed by atoms with Crippen LogP contribution in [0, 0.1) is 5.92 Å². The number of nitrogens with one attached hydrogen (secondary N) is 2. The van der Waals surface area contributed by atoms with Crippen LogP contribution in [0.4, 0.5) is 0 Å². The van der Waals surface area contributed by atoms with Crippen molar-refractivity contribution in [2.75, 3.05) is 0 Å². The van der Waals surface area contributed by atoms with Gasteiger partial charge >= 0.3 is 11.7 Å². The lowest BCUT2D eigenvalue weighted by atomic mass is 9.98. The van der Waals surface area contributed by atoms with Crippen LogP contribution >= 0.6 is 0 Å². The Morgan fingerprint density at radius 3 is 2.33 bits per heavy atom. The number of fused-ring (bicyclic) bond motifs is 1. The molecule has 0 aliphatic carbocycles. The van der Waals surface area contributed by atoms with Crippen LogP contribution in [0.25, 0.3) is 10.9 Å². The first-order valence-electron chi connectivity index (χ1n) is 9.66. The highest BCUT2D eigenvalue weighted by Gasteiger charge is 2.32. The molecule has 0 bridgehead atoms. The molecule has 0 aliphatic rings. The number of nitrogens with zero attached hydrogens (tertiary/aromatic N) is 1. The molecule has 3 atom stereocenters. The van der Waals surface area contributed by atoms with Crippen molar-refractivity contribution < 1.29 is 14.7 Å². The molecule has 8 nitrogen and oxygen atoms in total. The van der Waals surface area contributed by atoms with E-state index in [2.05, 4.69) is 10.3 Å². The molecule has 0 aliphatic heterocycles. The van der Waals surface area contributed by atoms with Gasteiger partial charge in [-0.15, -0.1) is 0 Å². The van der Waals surface area contributed by atoms with E-state index in [4.69, 9.17) is 0 Å². The molecule has 3 N–H and O–H groups in total. The van der Waals surface area contributed by atoms with E-state index in [-0.39, 0.29) is 11.3 Å². The highest BCUT2D eigenvalue weighted by Crippen LogP contribution is 2.18. The molecule has 30 heavy (non-hydrogen) atoms. The van der Waals surface area contributed by atoms with Crippen LogP contribution in [0.1, 0.15) is 31.9 Å². The van der Waals surface area contributed by atoms with Gasteiger partial charge in [0.2, 0.25) is 5.91 Å². The zero-order valence-corrected chi connectivity index (χ0v) is 16.7. The smallest absolute Gasteiger partial charge is 0.329 e. The SMILES string of the molecule is CCC(C)C(NC(=O)C(c1ccccc1)n1c(=O)[nH]c2ccccc2c1=O)C(=O)O. The lowest BCUT2D eigenvalue weighted by molar-refractivity contribution is -0.143. The second kappa shape index (κ2) is 8.77. The molecule has 0 saturated carbocycles. The second-order valence-corrected chi connectivity index (χ2v) is 7.17. The largest absolute Gasteiger partial charge is 0.480 e. The maximum absolute atomic E-state index is 13.2. The Kier molecular flexibility index (Phi) is 6.15. The molecule has 1 amide bonds. The molecule has 0 spiro atoms. The van der Waals surface area contributed by atoms with Gasteiger partial charge in [0.15, 0.2) is 0 Å². The van der Waals surface area contributed by atoms with Crippen molar-refractivity contribution in [3.63, 3.8) is 0 Å². The van der Waals surface area contributed by atoms with Crippen LogP contribution in [0.2, 0.25) is 0 Å². The van der Waals surface area contributed by atoms with Crippen molar-refractivity contribution in [1.82, 2.24) is 14.9 Å². The average molecular weight is 409 g/mol. The molecule has 3 rings (SSSR count). The average Bonchev–Trinajstić information content (AvgIpc) is 2.74. The zero-order valence-electron chi connectivity index (χ0n) is 16.7. The van der Waals surface area contributed by atoms with E-state index < -0.39 is 35.2 Å². The number of carboxylic acid groups (broad SMARTS) is 1. The molecule has 0 saturated heterocycles. The number of amides is 1. The van der Waals surface area contributed by atoms with Crippen LogP contribution < -0.4 is 16.6 Å². The number of aliphatic carboxylic acids is 1. The van der Waals surface area contributed by atoms with Gasteiger partial charge in [0.1, 0.15) is 12.1 Å². The highest BCUT2D eigenvalue weighted by atomic mass is 16.4. The lowest BCUT2D eigenvalue weighted by Gasteiger charge is -2.24. The number of rotatable bonds is 7. The van der Waals surface area contributed by atoms with Crippen LogP contribution in [0.15, 0.2) is 64.2 Å². The number of aromatic amines is 1. The summed E-state index contributed by atoms with van der Waals surface area (Å²) in [4.78, 5) is 53.5. The van der Waals surface area contributed by atoms with Gasteiger partial charge in [-0.1, -0.05) is 62.7 Å². The number of hydrogen-bond acceptors (Lipinski definition) is 4.